The normalized spacial score (nSPS) is 11.2. The minimum Gasteiger partial charge on any atom is -0.504 e. The van der Waals surface area contributed by atoms with Crippen LogP contribution in [0, 0.1) is 10.1 Å². The number of aldehydes is 1. The van der Waals surface area contributed by atoms with Crippen LogP contribution in [0.3, 0.4) is 0 Å². The molecule has 2 aromatic heterocycles. The summed E-state index contributed by atoms with van der Waals surface area (Å²) in [7, 11) is 0. The number of carbonyl (C=O) groups excluding carboxylic acids is 1. The predicted octanol–water partition coefficient (Wildman–Crippen LogP) is 1.42. The number of carbonyl (C=O) groups is 1. The highest BCUT2D eigenvalue weighted by molar-refractivity contribution is 5.59. The quantitative estimate of drug-likeness (QED) is 0.337. The lowest BCUT2D eigenvalue weighted by molar-refractivity contribution is -0.397. The lowest BCUT2D eigenvalue weighted by atomic mass is 10.5. The average molecular weight is 323 g/mol. The van der Waals surface area contributed by atoms with Crippen LogP contribution in [0.15, 0.2) is 16.4 Å². The van der Waals surface area contributed by atoms with Crippen molar-refractivity contribution in [2.24, 2.45) is 10.2 Å². The molecule has 0 unspecified atom stereocenters. The molecule has 12 heteroatoms. The van der Waals surface area contributed by atoms with E-state index in [-0.39, 0.29) is 29.8 Å². The van der Waals surface area contributed by atoms with Crippen molar-refractivity contribution >= 4 is 23.9 Å². The zero-order chi connectivity index (χ0) is 17.0. The molecule has 0 aliphatic heterocycles. The Morgan fingerprint density at radius 2 is 2.17 bits per heavy atom. The molecule has 0 atom stereocenters. The van der Waals surface area contributed by atoms with E-state index in [2.05, 4.69) is 20.3 Å². The van der Waals surface area contributed by atoms with Gasteiger partial charge in [-0.2, -0.15) is 0 Å². The molecule has 0 aliphatic carbocycles. The van der Waals surface area contributed by atoms with E-state index in [0.29, 0.717) is 12.8 Å². The molecular weight excluding hydrogens is 310 g/mol. The second-order valence-corrected chi connectivity index (χ2v) is 4.40. The molecule has 2 N–H and O–H groups in total. The lowest BCUT2D eigenvalue weighted by Crippen LogP contribution is -2.05. The number of aromatic nitrogens is 4. The van der Waals surface area contributed by atoms with Gasteiger partial charge in [-0.1, -0.05) is 12.0 Å². The monoisotopic (exact) mass is 323 g/mol. The molecule has 0 aliphatic rings. The number of rotatable bonds is 7. The van der Waals surface area contributed by atoms with Gasteiger partial charge in [0.2, 0.25) is 5.88 Å². The van der Waals surface area contributed by atoms with Crippen molar-refractivity contribution in [3.8, 4) is 11.6 Å². The highest BCUT2D eigenvalue weighted by Crippen LogP contribution is 2.38. The molecule has 2 rings (SSSR count). The molecule has 122 valence electrons. The van der Waals surface area contributed by atoms with Gasteiger partial charge in [-0.3, -0.25) is 4.79 Å². The van der Waals surface area contributed by atoms with Gasteiger partial charge in [0.25, 0.3) is 0 Å². The summed E-state index contributed by atoms with van der Waals surface area (Å²) in [6.07, 6.45) is 2.43. The third kappa shape index (κ3) is 3.30. The van der Waals surface area contributed by atoms with E-state index in [4.69, 9.17) is 0 Å². The largest absolute Gasteiger partial charge is 0.504 e. The molecule has 23 heavy (non-hydrogen) atoms. The SMILES string of the molecule is CCCn1cc(O)c(N=Nc2nc([N+](=O)[O-])n(CC=O)n2)c1O. The van der Waals surface area contributed by atoms with Crippen molar-refractivity contribution in [1.29, 1.82) is 0 Å². The fraction of sp³-hybridized carbons (Fsp3) is 0.364. The number of nitrogens with zero attached hydrogens (tertiary/aromatic N) is 7. The number of hydrogen-bond acceptors (Lipinski definition) is 9. The maximum atomic E-state index is 10.8. The van der Waals surface area contributed by atoms with Crippen LogP contribution in [0.1, 0.15) is 13.3 Å². The maximum Gasteiger partial charge on any atom is 0.458 e. The van der Waals surface area contributed by atoms with E-state index in [1.807, 2.05) is 6.92 Å². The van der Waals surface area contributed by atoms with Crippen molar-refractivity contribution in [1.82, 2.24) is 19.3 Å². The summed E-state index contributed by atoms with van der Waals surface area (Å²) in [6, 6.07) is 0. The molecule has 0 saturated heterocycles. The summed E-state index contributed by atoms with van der Waals surface area (Å²) >= 11 is 0. The van der Waals surface area contributed by atoms with Crippen LogP contribution in [0.5, 0.6) is 11.6 Å². The van der Waals surface area contributed by atoms with E-state index in [0.717, 1.165) is 11.1 Å². The van der Waals surface area contributed by atoms with Crippen LogP contribution < -0.4 is 0 Å². The third-order valence-electron chi connectivity index (χ3n) is 2.76. The van der Waals surface area contributed by atoms with Gasteiger partial charge in [0.15, 0.2) is 17.7 Å². The summed E-state index contributed by atoms with van der Waals surface area (Å²) in [5.41, 5.74) is -0.201. The Bertz CT molecular complexity index is 763. The predicted molar refractivity (Wildman–Crippen MR) is 75.0 cm³/mol. The van der Waals surface area contributed by atoms with E-state index in [1.54, 1.807) is 0 Å². The Hall–Kier alpha value is -3.31. The molecule has 0 aromatic carbocycles. The van der Waals surface area contributed by atoms with Crippen LogP contribution in [-0.2, 0) is 17.9 Å². The summed E-state index contributed by atoms with van der Waals surface area (Å²) < 4.78 is 2.13. The number of azo groups is 1. The van der Waals surface area contributed by atoms with Gasteiger partial charge in [-0.15, -0.1) is 9.80 Å². The summed E-state index contributed by atoms with van der Waals surface area (Å²) in [5, 5.41) is 41.2. The molecule has 0 radical (unpaired) electrons. The van der Waals surface area contributed by atoms with E-state index >= 15 is 0 Å². The highest BCUT2D eigenvalue weighted by atomic mass is 16.6. The summed E-state index contributed by atoms with van der Waals surface area (Å²) in [6.45, 7) is 2.00. The van der Waals surface area contributed by atoms with Gasteiger partial charge in [-0.25, -0.2) is 0 Å². The first-order chi connectivity index (χ1) is 11.0. The first-order valence-corrected chi connectivity index (χ1v) is 6.53. The zero-order valence-electron chi connectivity index (χ0n) is 12.0. The molecule has 0 amide bonds. The fourth-order valence-corrected chi connectivity index (χ4v) is 1.82. The second-order valence-electron chi connectivity index (χ2n) is 4.40. The molecule has 0 saturated carbocycles. The molecule has 12 nitrogen and oxygen atoms in total. The van der Waals surface area contributed by atoms with Crippen molar-refractivity contribution < 1.29 is 19.9 Å². The highest BCUT2D eigenvalue weighted by Gasteiger charge is 2.22. The van der Waals surface area contributed by atoms with Crippen LogP contribution in [-0.4, -0.2) is 40.8 Å². The first-order valence-electron chi connectivity index (χ1n) is 6.53. The standard InChI is InChI=1S/C11H13N7O5/c1-2-3-16-6-7(20)8(9(16)21)13-14-10-12-11(18(22)23)17(15-10)4-5-19/h5-6,20-21H,2-4H2,1H3. The molecule has 2 aromatic rings. The van der Waals surface area contributed by atoms with E-state index in [1.165, 1.54) is 10.8 Å². The van der Waals surface area contributed by atoms with Gasteiger partial charge in [-0.05, 0) is 21.4 Å². The summed E-state index contributed by atoms with van der Waals surface area (Å²) in [4.78, 5) is 23.9. The third-order valence-corrected chi connectivity index (χ3v) is 2.76. The smallest absolute Gasteiger partial charge is 0.458 e. The summed E-state index contributed by atoms with van der Waals surface area (Å²) in [5.74, 6) is -1.64. The number of hydrogen-bond donors (Lipinski definition) is 2. The van der Waals surface area contributed by atoms with Gasteiger partial charge < -0.3 is 24.9 Å². The topological polar surface area (TPSA) is 161 Å². The van der Waals surface area contributed by atoms with Gasteiger partial charge in [0.05, 0.1) is 6.20 Å². The van der Waals surface area contributed by atoms with Crippen LogP contribution >= 0.6 is 0 Å². The molecule has 0 bridgehead atoms. The van der Waals surface area contributed by atoms with Gasteiger partial charge in [0.1, 0.15) is 6.54 Å². The van der Waals surface area contributed by atoms with Crippen molar-refractivity contribution in [2.45, 2.75) is 26.4 Å². The Morgan fingerprint density at radius 3 is 2.78 bits per heavy atom. The van der Waals surface area contributed by atoms with Gasteiger partial charge >= 0.3 is 11.9 Å². The first kappa shape index (κ1) is 16.1. The minimum atomic E-state index is -0.817. The van der Waals surface area contributed by atoms with Crippen LogP contribution in [0.25, 0.3) is 0 Å². The van der Waals surface area contributed by atoms with Gasteiger partial charge in [0, 0.05) is 6.54 Å². The molecule has 0 spiro atoms. The van der Waals surface area contributed by atoms with E-state index in [9.17, 15) is 25.1 Å². The second kappa shape index (κ2) is 6.64. The van der Waals surface area contributed by atoms with Crippen molar-refractivity contribution in [2.75, 3.05) is 0 Å². The van der Waals surface area contributed by atoms with Crippen molar-refractivity contribution in [3.63, 3.8) is 0 Å². The Morgan fingerprint density at radius 1 is 1.43 bits per heavy atom. The van der Waals surface area contributed by atoms with Crippen molar-refractivity contribution in [3.05, 3.63) is 16.3 Å². The van der Waals surface area contributed by atoms with Crippen LogP contribution in [0.2, 0.25) is 0 Å². The number of nitro groups is 1. The fourth-order valence-electron chi connectivity index (χ4n) is 1.82. The Kier molecular flexibility index (Phi) is 4.64. The average Bonchev–Trinajstić information content (AvgIpc) is 3.01. The molecule has 2 heterocycles. The Labute approximate surface area is 128 Å². The number of aromatic hydroxyl groups is 2. The molecule has 0 fully saturated rings. The molecular formula is C11H13N7O5. The minimum absolute atomic E-state index is 0.201. The number of aryl methyl sites for hydroxylation is 1. The lowest BCUT2D eigenvalue weighted by Gasteiger charge is -1.99. The Balaban J connectivity index is 2.32. The zero-order valence-corrected chi connectivity index (χ0v) is 12.0. The van der Waals surface area contributed by atoms with E-state index < -0.39 is 10.9 Å². The maximum absolute atomic E-state index is 10.8. The van der Waals surface area contributed by atoms with Crippen LogP contribution in [0.4, 0.5) is 17.6 Å².